The van der Waals surface area contributed by atoms with E-state index in [-0.39, 0.29) is 41.4 Å². The van der Waals surface area contributed by atoms with E-state index in [9.17, 15) is 4.79 Å². The molecule has 1 amide bonds. The van der Waals surface area contributed by atoms with E-state index in [1.807, 2.05) is 21.0 Å². The minimum atomic E-state index is -0.337. The topological polar surface area (TPSA) is 69.2 Å². The lowest BCUT2D eigenvalue weighted by molar-refractivity contribution is -0.138. The third kappa shape index (κ3) is 9.26. The Balaban J connectivity index is 0.00000729. The largest absolute Gasteiger partial charge is 0.377 e. The van der Waals surface area contributed by atoms with Crippen molar-refractivity contribution in [2.45, 2.75) is 52.1 Å². The second-order valence-corrected chi connectivity index (χ2v) is 7.93. The number of rotatable bonds is 11. The maximum Gasteiger partial charge on any atom is 0.230 e. The summed E-state index contributed by atoms with van der Waals surface area (Å²) in [5, 5.41) is 6.71. The molecule has 0 spiro atoms. The van der Waals surface area contributed by atoms with Crippen LogP contribution in [0.2, 0.25) is 0 Å². The second-order valence-electron chi connectivity index (χ2n) is 7.93. The van der Waals surface area contributed by atoms with Crippen LogP contribution in [0.15, 0.2) is 4.99 Å². The van der Waals surface area contributed by atoms with Crippen LogP contribution < -0.4 is 10.6 Å². The first-order valence-corrected chi connectivity index (χ1v) is 10.3. The number of amides is 1. The fraction of sp³-hybridized carbons (Fsp3) is 0.900. The lowest BCUT2D eigenvalue weighted by Crippen LogP contribution is -2.45. The molecule has 0 bridgehead atoms. The van der Waals surface area contributed by atoms with Gasteiger partial charge in [-0.2, -0.15) is 0 Å². The summed E-state index contributed by atoms with van der Waals surface area (Å²) >= 11 is 0. The minimum Gasteiger partial charge on any atom is -0.377 e. The number of nitrogens with one attached hydrogen (secondary N) is 2. The van der Waals surface area contributed by atoms with E-state index in [4.69, 9.17) is 9.73 Å². The Kier molecular flexibility index (Phi) is 14.1. The molecular weight excluding hydrogens is 469 g/mol. The normalized spacial score (nSPS) is 17.2. The maximum absolute atomic E-state index is 12.7. The average Bonchev–Trinajstić information content (AvgIpc) is 3.10. The van der Waals surface area contributed by atoms with Gasteiger partial charge in [0.15, 0.2) is 5.96 Å². The van der Waals surface area contributed by atoms with Crippen molar-refractivity contribution in [1.82, 2.24) is 20.4 Å². The Morgan fingerprint density at radius 3 is 2.29 bits per heavy atom. The summed E-state index contributed by atoms with van der Waals surface area (Å²) in [5.41, 5.74) is -0.337. The molecule has 1 unspecified atom stereocenters. The molecule has 166 valence electrons. The summed E-state index contributed by atoms with van der Waals surface area (Å²) < 4.78 is 5.86. The quantitative estimate of drug-likeness (QED) is 0.253. The van der Waals surface area contributed by atoms with E-state index in [1.165, 1.54) is 0 Å². The van der Waals surface area contributed by atoms with Crippen LogP contribution in [0.25, 0.3) is 0 Å². The van der Waals surface area contributed by atoms with Crippen molar-refractivity contribution >= 4 is 35.8 Å². The number of hydrogen-bond acceptors (Lipinski definition) is 4. The van der Waals surface area contributed by atoms with Crippen LogP contribution in [-0.4, -0.2) is 88.7 Å². The highest BCUT2D eigenvalue weighted by atomic mass is 127. The predicted octanol–water partition coefficient (Wildman–Crippen LogP) is 2.16. The van der Waals surface area contributed by atoms with E-state index < -0.39 is 0 Å². The van der Waals surface area contributed by atoms with Crippen molar-refractivity contribution in [3.05, 3.63) is 0 Å². The molecule has 0 heterocycles. The molecule has 0 aromatic heterocycles. The van der Waals surface area contributed by atoms with Gasteiger partial charge in [0.1, 0.15) is 0 Å². The van der Waals surface area contributed by atoms with Crippen molar-refractivity contribution < 1.29 is 9.53 Å². The predicted molar refractivity (Wildman–Crippen MR) is 128 cm³/mol. The van der Waals surface area contributed by atoms with Gasteiger partial charge in [0, 0.05) is 40.3 Å². The molecule has 1 rings (SSSR count). The lowest BCUT2D eigenvalue weighted by Gasteiger charge is -2.29. The number of hydrogen-bond donors (Lipinski definition) is 2. The molecule has 1 saturated carbocycles. The van der Waals surface area contributed by atoms with Gasteiger partial charge in [-0.15, -0.1) is 24.0 Å². The molecular formula is C20H42IN5O2. The molecule has 8 heteroatoms. The minimum absolute atomic E-state index is 0. The fourth-order valence-electron chi connectivity index (χ4n) is 3.63. The van der Waals surface area contributed by atoms with Crippen LogP contribution in [-0.2, 0) is 9.53 Å². The first kappa shape index (κ1) is 27.4. The molecule has 1 aliphatic carbocycles. The third-order valence-corrected chi connectivity index (χ3v) is 5.10. The first-order valence-electron chi connectivity index (χ1n) is 10.3. The number of nitrogens with zero attached hydrogens (tertiary/aromatic N) is 3. The maximum atomic E-state index is 12.7. The number of ether oxygens (including phenoxy) is 1. The van der Waals surface area contributed by atoms with E-state index in [0.29, 0.717) is 19.7 Å². The summed E-state index contributed by atoms with van der Waals surface area (Å²) in [7, 11) is 7.83. The van der Waals surface area contributed by atoms with E-state index in [2.05, 4.69) is 36.6 Å². The molecule has 0 aromatic rings. The SMILES string of the molecule is CCNC(=NCC1(C(=O)N(C)C)CCCC1)NCC(CCN(C)C)OCC.I. The fourth-order valence-corrected chi connectivity index (χ4v) is 3.63. The molecule has 1 fully saturated rings. The van der Waals surface area contributed by atoms with Crippen molar-refractivity contribution in [1.29, 1.82) is 0 Å². The van der Waals surface area contributed by atoms with Gasteiger partial charge >= 0.3 is 0 Å². The Bertz CT molecular complexity index is 466. The van der Waals surface area contributed by atoms with Crippen LogP contribution in [0.4, 0.5) is 0 Å². The van der Waals surface area contributed by atoms with Crippen molar-refractivity contribution in [3.8, 4) is 0 Å². The van der Waals surface area contributed by atoms with Crippen molar-refractivity contribution in [3.63, 3.8) is 0 Å². The summed E-state index contributed by atoms with van der Waals surface area (Å²) in [5.74, 6) is 0.975. The zero-order valence-electron chi connectivity index (χ0n) is 18.7. The van der Waals surface area contributed by atoms with Gasteiger partial charge in [-0.05, 0) is 47.2 Å². The van der Waals surface area contributed by atoms with Crippen molar-refractivity contribution in [2.75, 3.05) is 61.0 Å². The van der Waals surface area contributed by atoms with Crippen LogP contribution in [0.5, 0.6) is 0 Å². The molecule has 28 heavy (non-hydrogen) atoms. The summed E-state index contributed by atoms with van der Waals surface area (Å²) in [6.45, 7) is 7.81. The Labute approximate surface area is 189 Å². The number of guanidine groups is 1. The smallest absolute Gasteiger partial charge is 0.230 e. The Morgan fingerprint density at radius 2 is 1.79 bits per heavy atom. The number of carbonyl (C=O) groups excluding carboxylic acids is 1. The Morgan fingerprint density at radius 1 is 1.14 bits per heavy atom. The zero-order chi connectivity index (χ0) is 20.3. The highest BCUT2D eigenvalue weighted by Crippen LogP contribution is 2.39. The molecule has 0 saturated heterocycles. The van der Waals surface area contributed by atoms with Crippen molar-refractivity contribution in [2.24, 2.45) is 10.4 Å². The number of carbonyl (C=O) groups is 1. The first-order chi connectivity index (χ1) is 12.8. The molecule has 0 aliphatic heterocycles. The summed E-state index contributed by atoms with van der Waals surface area (Å²) in [6, 6.07) is 0. The van der Waals surface area contributed by atoms with Gasteiger partial charge in [0.25, 0.3) is 0 Å². The Hall–Kier alpha value is -0.610. The highest BCUT2D eigenvalue weighted by Gasteiger charge is 2.42. The molecule has 0 radical (unpaired) electrons. The van der Waals surface area contributed by atoms with Gasteiger partial charge in [-0.3, -0.25) is 9.79 Å². The van der Waals surface area contributed by atoms with Gasteiger partial charge in [-0.25, -0.2) is 0 Å². The van der Waals surface area contributed by atoms with Crippen LogP contribution >= 0.6 is 24.0 Å². The molecule has 0 aromatic carbocycles. The number of halogens is 1. The average molecular weight is 511 g/mol. The van der Waals surface area contributed by atoms with E-state index in [1.54, 1.807) is 4.90 Å². The summed E-state index contributed by atoms with van der Waals surface area (Å²) in [4.78, 5) is 21.4. The standard InChI is InChI=1S/C20H41N5O2.HI/c1-7-21-19(22-15-17(27-8-2)11-14-24(3)4)23-16-20(12-9-10-13-20)18(26)25(5)6;/h17H,7-16H2,1-6H3,(H2,21,22,23);1H. The molecule has 1 atom stereocenters. The monoisotopic (exact) mass is 511 g/mol. The van der Waals surface area contributed by atoms with Crippen LogP contribution in [0.1, 0.15) is 46.0 Å². The van der Waals surface area contributed by atoms with Gasteiger partial charge in [-0.1, -0.05) is 12.8 Å². The second kappa shape index (κ2) is 14.4. The third-order valence-electron chi connectivity index (χ3n) is 5.10. The van der Waals surface area contributed by atoms with Gasteiger partial charge in [0.05, 0.1) is 18.1 Å². The van der Waals surface area contributed by atoms with Crippen LogP contribution in [0.3, 0.4) is 0 Å². The number of aliphatic imine (C=N–C) groups is 1. The van der Waals surface area contributed by atoms with Gasteiger partial charge in [0.2, 0.25) is 5.91 Å². The molecule has 1 aliphatic rings. The van der Waals surface area contributed by atoms with Gasteiger partial charge < -0.3 is 25.2 Å². The lowest BCUT2D eigenvalue weighted by atomic mass is 9.85. The van der Waals surface area contributed by atoms with E-state index >= 15 is 0 Å². The molecule has 7 nitrogen and oxygen atoms in total. The van der Waals surface area contributed by atoms with E-state index in [0.717, 1.165) is 51.2 Å². The highest BCUT2D eigenvalue weighted by molar-refractivity contribution is 14.0. The summed E-state index contributed by atoms with van der Waals surface area (Å²) in [6.07, 6.45) is 5.18. The van der Waals surface area contributed by atoms with Crippen LogP contribution in [0, 0.1) is 5.41 Å². The molecule has 2 N–H and O–H groups in total. The zero-order valence-corrected chi connectivity index (χ0v) is 21.0.